The van der Waals surface area contributed by atoms with E-state index in [1.54, 1.807) is 0 Å². The highest BCUT2D eigenvalue weighted by atomic mass is 15.0. The Morgan fingerprint density at radius 3 is 2.08 bits per heavy atom. The Kier molecular flexibility index (Phi) is 1.99. The lowest BCUT2D eigenvalue weighted by Crippen LogP contribution is -2.00. The summed E-state index contributed by atoms with van der Waals surface area (Å²) >= 11 is 0. The molecule has 0 spiro atoms. The van der Waals surface area contributed by atoms with Crippen LogP contribution in [-0.2, 0) is 6.54 Å². The van der Waals surface area contributed by atoms with Crippen molar-refractivity contribution in [2.45, 2.75) is 6.54 Å². The van der Waals surface area contributed by atoms with Gasteiger partial charge in [0.25, 0.3) is 0 Å². The third kappa shape index (κ3) is 1.59. The molecule has 0 saturated carbocycles. The molecule has 0 aliphatic carbocycles. The molecule has 0 aliphatic heterocycles. The lowest BCUT2D eigenvalue weighted by molar-refractivity contribution is 0.724. The molecule has 2 rings (SSSR count). The summed E-state index contributed by atoms with van der Waals surface area (Å²) in [6, 6.07) is 8.10. The molecule has 0 amide bonds. The minimum absolute atomic E-state index is 0.918. The molecule has 61 valence electrons. The maximum atomic E-state index is 2.12. The van der Waals surface area contributed by atoms with Crippen LogP contribution < -0.4 is 0 Å². The molecule has 12 heavy (non-hydrogen) atoms. The molecule has 0 bridgehead atoms. The maximum Gasteiger partial charge on any atom is 0.0734 e. The van der Waals surface area contributed by atoms with Gasteiger partial charge in [-0.2, -0.15) is 0 Å². The minimum atomic E-state index is 0.918. The Morgan fingerprint density at radius 2 is 1.42 bits per heavy atom. The van der Waals surface area contributed by atoms with Gasteiger partial charge >= 0.3 is 0 Å². The predicted octanol–water partition coefficient (Wildman–Crippen LogP) is 2.00. The Hall–Kier alpha value is -1.44. The van der Waals surface area contributed by atoms with Crippen LogP contribution >= 0.6 is 0 Å². The van der Waals surface area contributed by atoms with Crippen molar-refractivity contribution in [3.8, 4) is 0 Å². The Labute approximate surface area is 72.1 Å². The zero-order chi connectivity index (χ0) is 8.23. The fraction of sp³-hybridized carbons (Fsp3) is 0.100. The van der Waals surface area contributed by atoms with Crippen LogP contribution in [0.2, 0.25) is 0 Å². The monoisotopic (exact) mass is 159 g/mol. The molecule has 2 aromatic rings. The Bertz CT molecular complexity index is 271. The van der Waals surface area contributed by atoms with Crippen molar-refractivity contribution in [2.75, 3.05) is 0 Å². The van der Waals surface area contributed by atoms with Gasteiger partial charge < -0.3 is 9.13 Å². The summed E-state index contributed by atoms with van der Waals surface area (Å²) in [5.74, 6) is 0. The van der Waals surface area contributed by atoms with E-state index >= 15 is 0 Å². The summed E-state index contributed by atoms with van der Waals surface area (Å²) in [7, 11) is 0. The van der Waals surface area contributed by atoms with Crippen LogP contribution in [0.5, 0.6) is 0 Å². The summed E-state index contributed by atoms with van der Waals surface area (Å²) in [4.78, 5) is 0. The van der Waals surface area contributed by atoms with Gasteiger partial charge in [0.1, 0.15) is 0 Å². The van der Waals surface area contributed by atoms with E-state index in [9.17, 15) is 0 Å². The summed E-state index contributed by atoms with van der Waals surface area (Å²) < 4.78 is 4.18. The van der Waals surface area contributed by atoms with Gasteiger partial charge in [-0.25, -0.2) is 0 Å². The molecule has 2 nitrogen and oxygen atoms in total. The third-order valence-electron chi connectivity index (χ3n) is 1.80. The van der Waals surface area contributed by atoms with Gasteiger partial charge in [0.15, 0.2) is 0 Å². The van der Waals surface area contributed by atoms with Crippen molar-refractivity contribution in [2.24, 2.45) is 0 Å². The molecule has 0 unspecified atom stereocenters. The lowest BCUT2D eigenvalue weighted by Gasteiger charge is -2.02. The highest BCUT2D eigenvalue weighted by Crippen LogP contribution is 1.96. The molecule has 0 N–H and O–H groups in total. The summed E-state index contributed by atoms with van der Waals surface area (Å²) in [6.07, 6.45) is 8.17. The summed E-state index contributed by atoms with van der Waals surface area (Å²) in [6.45, 7) is 3.04. The largest absolute Gasteiger partial charge is 0.352 e. The maximum absolute atomic E-state index is 2.12. The van der Waals surface area contributed by atoms with Crippen LogP contribution in [0.15, 0.2) is 49.1 Å². The standard InChI is InChI=1S/C10H11N2/c1-2-6-11(5-1)9-10-12-7-3-4-8-12/h1-9H,10H2. The average Bonchev–Trinajstić information content (AvgIpc) is 2.74. The number of aromatic nitrogens is 2. The molecule has 0 atom stereocenters. The first kappa shape index (κ1) is 7.22. The van der Waals surface area contributed by atoms with Gasteiger partial charge in [0.05, 0.1) is 6.54 Å². The van der Waals surface area contributed by atoms with E-state index in [2.05, 4.69) is 28.1 Å². The highest BCUT2D eigenvalue weighted by Gasteiger charge is 1.90. The van der Waals surface area contributed by atoms with Crippen LogP contribution in [0.4, 0.5) is 0 Å². The summed E-state index contributed by atoms with van der Waals surface area (Å²) in [5, 5.41) is 0. The minimum Gasteiger partial charge on any atom is -0.352 e. The van der Waals surface area contributed by atoms with Gasteiger partial charge in [-0.3, -0.25) is 0 Å². The smallest absolute Gasteiger partial charge is 0.0734 e. The second-order valence-electron chi connectivity index (χ2n) is 2.69. The zero-order valence-electron chi connectivity index (χ0n) is 6.80. The van der Waals surface area contributed by atoms with Gasteiger partial charge in [-0.05, 0) is 24.3 Å². The summed E-state index contributed by atoms with van der Waals surface area (Å²) in [5.41, 5.74) is 0. The number of rotatable bonds is 3. The molecule has 0 aromatic carbocycles. The predicted molar refractivity (Wildman–Crippen MR) is 48.6 cm³/mol. The highest BCUT2D eigenvalue weighted by molar-refractivity contribution is 4.96. The quantitative estimate of drug-likeness (QED) is 0.648. The normalized spacial score (nSPS) is 10.3. The first-order chi connectivity index (χ1) is 5.95. The van der Waals surface area contributed by atoms with Crippen molar-refractivity contribution >= 4 is 0 Å². The first-order valence-electron chi connectivity index (χ1n) is 4.02. The van der Waals surface area contributed by atoms with Crippen LogP contribution in [0, 0.1) is 6.54 Å². The topological polar surface area (TPSA) is 9.86 Å². The van der Waals surface area contributed by atoms with Crippen molar-refractivity contribution in [1.82, 2.24) is 9.13 Å². The van der Waals surface area contributed by atoms with Crippen LogP contribution in [0.1, 0.15) is 0 Å². The second kappa shape index (κ2) is 3.30. The first-order valence-corrected chi connectivity index (χ1v) is 4.02. The third-order valence-corrected chi connectivity index (χ3v) is 1.80. The van der Waals surface area contributed by atoms with Crippen LogP contribution in [-0.4, -0.2) is 9.13 Å². The van der Waals surface area contributed by atoms with E-state index < -0.39 is 0 Å². The van der Waals surface area contributed by atoms with Gasteiger partial charge in [-0.1, -0.05) is 0 Å². The molecule has 1 radical (unpaired) electrons. The molecule has 0 saturated heterocycles. The molecule has 2 aromatic heterocycles. The van der Waals surface area contributed by atoms with Gasteiger partial charge in [0.2, 0.25) is 0 Å². The molecular weight excluding hydrogens is 148 g/mol. The van der Waals surface area contributed by atoms with E-state index in [1.165, 1.54) is 0 Å². The van der Waals surface area contributed by atoms with Crippen LogP contribution in [0.3, 0.4) is 0 Å². The SMILES string of the molecule is [CH](Cn1cccc1)n1cccc1. The Morgan fingerprint density at radius 1 is 0.833 bits per heavy atom. The van der Waals surface area contributed by atoms with Crippen molar-refractivity contribution in [3.05, 3.63) is 55.6 Å². The lowest BCUT2D eigenvalue weighted by atomic mass is 10.6. The average molecular weight is 159 g/mol. The van der Waals surface area contributed by atoms with E-state index in [1.807, 2.05) is 36.7 Å². The molecule has 2 heteroatoms. The fourth-order valence-electron chi connectivity index (χ4n) is 1.15. The zero-order valence-corrected chi connectivity index (χ0v) is 6.80. The fourth-order valence-corrected chi connectivity index (χ4v) is 1.15. The van der Waals surface area contributed by atoms with Gasteiger partial charge in [-0.15, -0.1) is 0 Å². The Balaban J connectivity index is 1.91. The molecule has 2 heterocycles. The van der Waals surface area contributed by atoms with Crippen LogP contribution in [0.25, 0.3) is 0 Å². The number of nitrogens with zero attached hydrogens (tertiary/aromatic N) is 2. The van der Waals surface area contributed by atoms with Crippen molar-refractivity contribution in [3.63, 3.8) is 0 Å². The van der Waals surface area contributed by atoms with E-state index in [0.717, 1.165) is 6.54 Å². The second-order valence-corrected chi connectivity index (χ2v) is 2.69. The van der Waals surface area contributed by atoms with Gasteiger partial charge in [0, 0.05) is 31.3 Å². The van der Waals surface area contributed by atoms with E-state index in [4.69, 9.17) is 0 Å². The number of hydrogen-bond acceptors (Lipinski definition) is 0. The van der Waals surface area contributed by atoms with Crippen molar-refractivity contribution in [1.29, 1.82) is 0 Å². The molecule has 0 aliphatic rings. The van der Waals surface area contributed by atoms with E-state index in [-0.39, 0.29) is 0 Å². The number of hydrogen-bond donors (Lipinski definition) is 0. The molecular formula is C10H11N2. The van der Waals surface area contributed by atoms with E-state index in [0.29, 0.717) is 0 Å². The van der Waals surface area contributed by atoms with Crippen molar-refractivity contribution < 1.29 is 0 Å². The molecule has 0 fully saturated rings.